The molecule has 0 saturated heterocycles. The van der Waals surface area contributed by atoms with Gasteiger partial charge in [0.2, 0.25) is 0 Å². The minimum absolute atomic E-state index is 0.110. The average Bonchev–Trinajstić information content (AvgIpc) is 2.45. The van der Waals surface area contributed by atoms with Crippen LogP contribution in [-0.2, 0) is 0 Å². The van der Waals surface area contributed by atoms with Crippen LogP contribution in [0.4, 0.5) is 0 Å². The average molecular weight is 237 g/mol. The molecule has 0 radical (unpaired) electrons. The predicted molar refractivity (Wildman–Crippen MR) is 30.9 cm³/mol. The fraction of sp³-hybridized carbons (Fsp3) is 1.00. The number of rotatable bonds is 0. The van der Waals surface area contributed by atoms with Gasteiger partial charge in [-0.05, 0) is 0 Å². The molecule has 2 aliphatic rings. The van der Waals surface area contributed by atoms with Crippen LogP contribution in [0.15, 0.2) is 8.44 Å². The van der Waals surface area contributed by atoms with Gasteiger partial charge in [0.25, 0.3) is 0 Å². The van der Waals surface area contributed by atoms with Gasteiger partial charge in [-0.25, -0.2) is 0 Å². The first kappa shape index (κ1) is 6.07. The Labute approximate surface area is 65.7 Å². The van der Waals surface area contributed by atoms with Crippen LogP contribution in [0.25, 0.3) is 0 Å². The van der Waals surface area contributed by atoms with Gasteiger partial charge in [-0.2, -0.15) is 0 Å². The molecule has 9 heavy (non-hydrogen) atoms. The van der Waals surface area contributed by atoms with Crippen molar-refractivity contribution in [3.05, 3.63) is 0 Å². The molecule has 1 spiro atoms. The van der Waals surface area contributed by atoms with Crippen molar-refractivity contribution >= 4 is 0 Å². The first-order chi connectivity index (χ1) is 4.41. The zero-order chi connectivity index (χ0) is 6.16. The summed E-state index contributed by atoms with van der Waals surface area (Å²) in [4.78, 5) is 0. The van der Waals surface area contributed by atoms with Gasteiger partial charge >= 0.3 is 65.6 Å². The Balaban J connectivity index is 2.07. The molecule has 1 aliphatic carbocycles. The second kappa shape index (κ2) is 2.18. The summed E-state index contributed by atoms with van der Waals surface area (Å²) in [7, 11) is 0. The standard InChI is InChI=1S/C6H10IN2/c1-2-4-6(3-1)5-8-9-7-6/h1-5H2/q-1. The fourth-order valence-electron chi connectivity index (χ4n) is 1.54. The van der Waals surface area contributed by atoms with Gasteiger partial charge in [0.1, 0.15) is 0 Å². The molecule has 1 fully saturated rings. The van der Waals surface area contributed by atoms with E-state index in [1.165, 1.54) is 25.7 Å². The Kier molecular flexibility index (Phi) is 1.47. The van der Waals surface area contributed by atoms with E-state index in [1.54, 1.807) is 0 Å². The molecule has 3 heteroatoms. The van der Waals surface area contributed by atoms with Gasteiger partial charge in [0.05, 0.1) is 0 Å². The summed E-state index contributed by atoms with van der Waals surface area (Å²) in [5.41, 5.74) is 0. The van der Waals surface area contributed by atoms with Gasteiger partial charge in [-0.3, -0.25) is 0 Å². The van der Waals surface area contributed by atoms with Crippen molar-refractivity contribution in [3.8, 4) is 0 Å². The quantitative estimate of drug-likeness (QED) is 0.372. The monoisotopic (exact) mass is 237 g/mol. The number of alkyl halides is 1. The molecule has 0 bridgehead atoms. The zero-order valence-corrected chi connectivity index (χ0v) is 7.47. The van der Waals surface area contributed by atoms with Crippen molar-refractivity contribution in [2.45, 2.75) is 29.1 Å². The summed E-state index contributed by atoms with van der Waals surface area (Å²) in [5.74, 6) is 0. The molecule has 0 atom stereocenters. The maximum atomic E-state index is 4.15. The summed E-state index contributed by atoms with van der Waals surface area (Å²) in [6, 6.07) is 0. The molecule has 0 N–H and O–H groups in total. The second-order valence-electron chi connectivity index (χ2n) is 2.82. The van der Waals surface area contributed by atoms with Gasteiger partial charge in [-0.15, -0.1) is 0 Å². The van der Waals surface area contributed by atoms with Crippen LogP contribution in [0, 0.1) is 0 Å². The van der Waals surface area contributed by atoms with E-state index in [0.29, 0.717) is 3.42 Å². The van der Waals surface area contributed by atoms with E-state index in [2.05, 4.69) is 8.44 Å². The number of halogens is 1. The van der Waals surface area contributed by atoms with E-state index in [1.807, 2.05) is 0 Å². The van der Waals surface area contributed by atoms with Crippen molar-refractivity contribution < 1.29 is 21.5 Å². The molecule has 2 rings (SSSR count). The fourth-order valence-corrected chi connectivity index (χ4v) is 3.85. The van der Waals surface area contributed by atoms with Crippen LogP contribution < -0.4 is 21.5 Å². The van der Waals surface area contributed by atoms with E-state index in [0.717, 1.165) is 6.54 Å². The third-order valence-electron chi connectivity index (χ3n) is 2.12. The molecule has 0 unspecified atom stereocenters. The number of nitrogens with zero attached hydrogens (tertiary/aromatic N) is 2. The molecule has 0 aromatic heterocycles. The Morgan fingerprint density at radius 3 is 2.56 bits per heavy atom. The van der Waals surface area contributed by atoms with Gasteiger partial charge in [0, 0.05) is 0 Å². The van der Waals surface area contributed by atoms with Crippen LogP contribution in [0.1, 0.15) is 25.7 Å². The normalized spacial score (nSPS) is 31.1. The molecular weight excluding hydrogens is 227 g/mol. The molecule has 2 nitrogen and oxygen atoms in total. The van der Waals surface area contributed by atoms with Crippen LogP contribution in [0.5, 0.6) is 0 Å². The Bertz CT molecular complexity index is 128. The molecule has 1 heterocycles. The third kappa shape index (κ3) is 0.993. The van der Waals surface area contributed by atoms with Crippen LogP contribution in [0.3, 0.4) is 0 Å². The molecule has 0 aromatic carbocycles. The number of hydrogen-bond donors (Lipinski definition) is 0. The molecule has 0 aromatic rings. The van der Waals surface area contributed by atoms with Crippen molar-refractivity contribution in [1.29, 1.82) is 0 Å². The Morgan fingerprint density at radius 2 is 2.00 bits per heavy atom. The van der Waals surface area contributed by atoms with E-state index < -0.39 is 0 Å². The Hall–Kier alpha value is 0.330. The van der Waals surface area contributed by atoms with Crippen molar-refractivity contribution in [1.82, 2.24) is 0 Å². The van der Waals surface area contributed by atoms with Gasteiger partial charge in [-0.1, -0.05) is 0 Å². The third-order valence-corrected chi connectivity index (χ3v) is 5.09. The summed E-state index contributed by atoms with van der Waals surface area (Å²) in [6.45, 7) is 1.07. The summed E-state index contributed by atoms with van der Waals surface area (Å²) < 4.78 is 4.82. The first-order valence-corrected chi connectivity index (χ1v) is 5.48. The van der Waals surface area contributed by atoms with Gasteiger partial charge < -0.3 is 0 Å². The Morgan fingerprint density at radius 1 is 1.22 bits per heavy atom. The topological polar surface area (TPSA) is 24.7 Å². The van der Waals surface area contributed by atoms with Crippen LogP contribution in [0.2, 0.25) is 0 Å². The summed E-state index contributed by atoms with van der Waals surface area (Å²) in [5, 5.41) is 4.09. The number of hydrogen-bond acceptors (Lipinski definition) is 2. The van der Waals surface area contributed by atoms with Crippen molar-refractivity contribution in [2.75, 3.05) is 6.54 Å². The first-order valence-electron chi connectivity index (χ1n) is 3.43. The van der Waals surface area contributed by atoms with Crippen molar-refractivity contribution in [3.63, 3.8) is 0 Å². The minimum atomic E-state index is 0.110. The molecule has 1 saturated carbocycles. The molecule has 52 valence electrons. The van der Waals surface area contributed by atoms with Crippen LogP contribution in [-0.4, -0.2) is 9.97 Å². The molecule has 0 amide bonds. The molecular formula is C6H10IN2-. The molecule has 1 aliphatic heterocycles. The second-order valence-corrected chi connectivity index (χ2v) is 6.02. The maximum absolute atomic E-state index is 4.15. The summed E-state index contributed by atoms with van der Waals surface area (Å²) >= 11 is 0.110. The SMILES string of the molecule is C1CCC2(C1)CN=N[I-]2. The van der Waals surface area contributed by atoms with Crippen LogP contribution >= 0.6 is 0 Å². The van der Waals surface area contributed by atoms with Crippen molar-refractivity contribution in [2.24, 2.45) is 8.44 Å². The van der Waals surface area contributed by atoms with E-state index in [9.17, 15) is 0 Å². The predicted octanol–water partition coefficient (Wildman–Crippen LogP) is -1.23. The summed E-state index contributed by atoms with van der Waals surface area (Å²) in [6.07, 6.45) is 5.72. The van der Waals surface area contributed by atoms with Gasteiger partial charge in [0.15, 0.2) is 0 Å². The zero-order valence-electron chi connectivity index (χ0n) is 5.31. The van der Waals surface area contributed by atoms with E-state index in [4.69, 9.17) is 0 Å². The van der Waals surface area contributed by atoms with E-state index in [-0.39, 0.29) is 21.5 Å². The van der Waals surface area contributed by atoms with E-state index >= 15 is 0 Å².